The predicted octanol–water partition coefficient (Wildman–Crippen LogP) is 12.4. The maximum Gasteiger partial charge on any atom is 0.0751 e. The first-order chi connectivity index (χ1) is 15.1. The average molecular weight is 593 g/mol. The molecule has 0 aliphatic rings. The highest BCUT2D eigenvalue weighted by Crippen LogP contribution is 2.45. The van der Waals surface area contributed by atoms with Crippen LogP contribution in [0.25, 0.3) is 9.40 Å². The van der Waals surface area contributed by atoms with Gasteiger partial charge in [0.1, 0.15) is 0 Å². The number of halogens is 2. The van der Waals surface area contributed by atoms with Crippen LogP contribution in [-0.4, -0.2) is 0 Å². The quantitative estimate of drug-likeness (QED) is 0.142. The van der Waals surface area contributed by atoms with E-state index in [1.807, 2.05) is 22.7 Å². The summed E-state index contributed by atoms with van der Waals surface area (Å²) >= 11 is 11.3. The van der Waals surface area contributed by atoms with Crippen LogP contribution < -0.4 is 0 Å². The van der Waals surface area contributed by atoms with Crippen LogP contribution in [0.3, 0.4) is 0 Å². The first-order valence-electron chi connectivity index (χ1n) is 13.0. The minimum atomic E-state index is 1.23. The van der Waals surface area contributed by atoms with Gasteiger partial charge in [0.25, 0.3) is 0 Å². The van der Waals surface area contributed by atoms with E-state index in [1.54, 1.807) is 5.56 Å². The van der Waals surface area contributed by atoms with Crippen molar-refractivity contribution >= 4 is 63.9 Å². The molecule has 0 radical (unpaired) electrons. The standard InChI is InChI=1S/C27H44Br2S2/c1-3-4-5-6-7-8-9-10-11-12-13-14-15-16-17-18-19-20-21-23-25-24(30-27(23)29)22(2)26(28)31-25/h3-21H2,1-2H3. The van der Waals surface area contributed by atoms with Gasteiger partial charge in [-0.15, -0.1) is 22.7 Å². The maximum absolute atomic E-state index is 3.81. The van der Waals surface area contributed by atoms with Crippen molar-refractivity contribution in [2.75, 3.05) is 0 Å². The Morgan fingerprint density at radius 1 is 0.516 bits per heavy atom. The van der Waals surface area contributed by atoms with E-state index in [0.29, 0.717) is 0 Å². The number of thiophene rings is 2. The van der Waals surface area contributed by atoms with Crippen molar-refractivity contribution in [3.05, 3.63) is 18.7 Å². The lowest BCUT2D eigenvalue weighted by molar-refractivity contribution is 0.525. The molecule has 2 aromatic rings. The molecule has 2 aromatic heterocycles. The van der Waals surface area contributed by atoms with Crippen LogP contribution in [0, 0.1) is 6.92 Å². The van der Waals surface area contributed by atoms with Crippen LogP contribution >= 0.6 is 54.5 Å². The summed E-state index contributed by atoms with van der Waals surface area (Å²) in [6.07, 6.45) is 27.2. The van der Waals surface area contributed by atoms with Gasteiger partial charge >= 0.3 is 0 Å². The van der Waals surface area contributed by atoms with Gasteiger partial charge < -0.3 is 0 Å². The molecule has 0 aliphatic heterocycles. The monoisotopic (exact) mass is 590 g/mol. The Kier molecular flexibility index (Phi) is 15.4. The second-order valence-electron chi connectivity index (χ2n) is 9.27. The third-order valence-electron chi connectivity index (χ3n) is 6.52. The third-order valence-corrected chi connectivity index (χ3v) is 11.0. The summed E-state index contributed by atoms with van der Waals surface area (Å²) in [5.41, 5.74) is 2.96. The molecular weight excluding hydrogens is 548 g/mol. The lowest BCUT2D eigenvalue weighted by atomic mass is 10.0. The fraction of sp³-hybridized carbons (Fsp3) is 0.778. The van der Waals surface area contributed by atoms with Crippen LogP contribution in [-0.2, 0) is 6.42 Å². The van der Waals surface area contributed by atoms with Gasteiger partial charge in [0.2, 0.25) is 0 Å². The van der Waals surface area contributed by atoms with E-state index in [0.717, 1.165) is 0 Å². The van der Waals surface area contributed by atoms with Gasteiger partial charge in [0, 0.05) is 0 Å². The van der Waals surface area contributed by atoms with Gasteiger partial charge in [0.05, 0.1) is 17.0 Å². The van der Waals surface area contributed by atoms with E-state index in [-0.39, 0.29) is 0 Å². The number of aryl methyl sites for hydroxylation is 2. The Hall–Kier alpha value is 0.620. The van der Waals surface area contributed by atoms with Gasteiger partial charge in [-0.3, -0.25) is 0 Å². The Morgan fingerprint density at radius 2 is 0.903 bits per heavy atom. The molecule has 0 aromatic carbocycles. The molecule has 0 saturated heterocycles. The summed E-state index contributed by atoms with van der Waals surface area (Å²) in [4.78, 5) is 0. The Labute approximate surface area is 217 Å². The molecule has 0 amide bonds. The molecule has 0 aliphatic carbocycles. The van der Waals surface area contributed by atoms with Crippen LogP contribution in [0.1, 0.15) is 134 Å². The molecule has 0 unspecified atom stereocenters. The highest BCUT2D eigenvalue weighted by atomic mass is 79.9. The van der Waals surface area contributed by atoms with E-state index in [1.165, 1.54) is 145 Å². The maximum atomic E-state index is 3.81. The zero-order valence-electron chi connectivity index (χ0n) is 20.0. The first-order valence-corrected chi connectivity index (χ1v) is 16.2. The summed E-state index contributed by atoms with van der Waals surface area (Å²) < 4.78 is 5.64. The van der Waals surface area contributed by atoms with E-state index < -0.39 is 0 Å². The zero-order valence-corrected chi connectivity index (χ0v) is 24.8. The SMILES string of the molecule is CCCCCCCCCCCCCCCCCCCCc1c(Br)sc2c(C)c(Br)sc12. The normalized spacial score (nSPS) is 11.7. The number of rotatable bonds is 19. The third kappa shape index (κ3) is 10.6. The van der Waals surface area contributed by atoms with Crippen LogP contribution in [0.4, 0.5) is 0 Å². The van der Waals surface area contributed by atoms with Crippen molar-refractivity contribution in [1.82, 2.24) is 0 Å². The predicted molar refractivity (Wildman–Crippen MR) is 152 cm³/mol. The topological polar surface area (TPSA) is 0 Å². The number of unbranched alkanes of at least 4 members (excludes halogenated alkanes) is 17. The van der Waals surface area contributed by atoms with Crippen molar-refractivity contribution in [3.63, 3.8) is 0 Å². The van der Waals surface area contributed by atoms with Crippen LogP contribution in [0.5, 0.6) is 0 Å². The number of hydrogen-bond acceptors (Lipinski definition) is 2. The summed E-state index contributed by atoms with van der Waals surface area (Å²) in [5.74, 6) is 0. The van der Waals surface area contributed by atoms with Crippen molar-refractivity contribution in [3.8, 4) is 0 Å². The second-order valence-corrected chi connectivity index (χ2v) is 14.0. The van der Waals surface area contributed by atoms with Crippen molar-refractivity contribution in [2.24, 2.45) is 0 Å². The summed E-state index contributed by atoms with van der Waals surface area (Å²) in [5, 5.41) is 0. The molecule has 0 spiro atoms. The van der Waals surface area contributed by atoms with Crippen molar-refractivity contribution in [2.45, 2.75) is 136 Å². The lowest BCUT2D eigenvalue weighted by Gasteiger charge is -2.04. The van der Waals surface area contributed by atoms with E-state index >= 15 is 0 Å². The molecule has 0 bridgehead atoms. The van der Waals surface area contributed by atoms with E-state index in [4.69, 9.17) is 0 Å². The Bertz CT molecular complexity index is 716. The van der Waals surface area contributed by atoms with E-state index in [9.17, 15) is 0 Å². The molecule has 0 fully saturated rings. The van der Waals surface area contributed by atoms with Gasteiger partial charge in [-0.05, 0) is 62.8 Å². The highest BCUT2D eigenvalue weighted by Gasteiger charge is 2.16. The van der Waals surface area contributed by atoms with Crippen molar-refractivity contribution in [1.29, 1.82) is 0 Å². The lowest BCUT2D eigenvalue weighted by Crippen LogP contribution is -1.86. The fourth-order valence-electron chi connectivity index (χ4n) is 4.45. The van der Waals surface area contributed by atoms with Crippen molar-refractivity contribution < 1.29 is 0 Å². The highest BCUT2D eigenvalue weighted by molar-refractivity contribution is 9.11. The van der Waals surface area contributed by atoms with Gasteiger partial charge in [-0.2, -0.15) is 0 Å². The minimum absolute atomic E-state index is 1.23. The average Bonchev–Trinajstić information content (AvgIpc) is 3.21. The fourth-order valence-corrected chi connectivity index (χ4v) is 8.64. The summed E-state index contributed by atoms with van der Waals surface area (Å²) in [6.45, 7) is 4.53. The summed E-state index contributed by atoms with van der Waals surface area (Å²) in [7, 11) is 0. The van der Waals surface area contributed by atoms with Gasteiger partial charge in [-0.25, -0.2) is 0 Å². The van der Waals surface area contributed by atoms with Gasteiger partial charge in [0.15, 0.2) is 0 Å². The van der Waals surface area contributed by atoms with Crippen LogP contribution in [0.15, 0.2) is 7.57 Å². The molecule has 0 saturated carbocycles. The van der Waals surface area contributed by atoms with E-state index in [2.05, 4.69) is 45.7 Å². The molecule has 178 valence electrons. The molecule has 31 heavy (non-hydrogen) atoms. The minimum Gasteiger partial charge on any atom is -0.127 e. The summed E-state index contributed by atoms with van der Waals surface area (Å²) in [6, 6.07) is 0. The Morgan fingerprint density at radius 3 is 1.35 bits per heavy atom. The van der Waals surface area contributed by atoms with Crippen LogP contribution in [0.2, 0.25) is 0 Å². The zero-order chi connectivity index (χ0) is 22.3. The number of fused-ring (bicyclic) bond motifs is 1. The molecule has 4 heteroatoms. The second kappa shape index (κ2) is 17.1. The first kappa shape index (κ1) is 27.9. The Balaban J connectivity index is 1.37. The number of hydrogen-bond donors (Lipinski definition) is 0. The molecule has 2 rings (SSSR count). The molecule has 0 atom stereocenters. The molecular formula is C27H44Br2S2. The molecule has 2 heterocycles. The largest absolute Gasteiger partial charge is 0.127 e. The van der Waals surface area contributed by atoms with Gasteiger partial charge in [-0.1, -0.05) is 116 Å². The molecule has 0 N–H and O–H groups in total. The molecule has 0 nitrogen and oxygen atoms in total. The smallest absolute Gasteiger partial charge is 0.0751 e.